The zero-order chi connectivity index (χ0) is 12.1. The maximum absolute atomic E-state index is 11.9. The van der Waals surface area contributed by atoms with E-state index in [0.717, 1.165) is 7.05 Å². The van der Waals surface area contributed by atoms with Crippen molar-refractivity contribution in [2.45, 2.75) is 32.5 Å². The van der Waals surface area contributed by atoms with Crippen molar-refractivity contribution in [3.05, 3.63) is 0 Å². The van der Waals surface area contributed by atoms with Gasteiger partial charge in [0.05, 0.1) is 0 Å². The molecular formula is C9H17F3N2O. The summed E-state index contributed by atoms with van der Waals surface area (Å²) in [6, 6.07) is 0.228. The van der Waals surface area contributed by atoms with Gasteiger partial charge in [-0.1, -0.05) is 13.8 Å². The van der Waals surface area contributed by atoms with Crippen LogP contribution in [0.5, 0.6) is 0 Å². The molecule has 15 heavy (non-hydrogen) atoms. The minimum atomic E-state index is -4.32. The van der Waals surface area contributed by atoms with E-state index in [0.29, 0.717) is 11.4 Å². The van der Waals surface area contributed by atoms with Crippen molar-refractivity contribution >= 4 is 5.91 Å². The minimum absolute atomic E-state index is 0.0881. The van der Waals surface area contributed by atoms with E-state index >= 15 is 0 Å². The summed E-state index contributed by atoms with van der Waals surface area (Å²) in [5.74, 6) is -0.500. The quantitative estimate of drug-likeness (QED) is 0.768. The second kappa shape index (κ2) is 5.95. The SMILES string of the molecule is CC(C)NCCC(=O)N(C)CC(F)(F)F. The summed E-state index contributed by atoms with van der Waals surface area (Å²) in [6.07, 6.45) is -4.24. The number of nitrogens with one attached hydrogen (secondary N) is 1. The van der Waals surface area contributed by atoms with Crippen LogP contribution in [-0.2, 0) is 4.79 Å². The Morgan fingerprint density at radius 3 is 2.33 bits per heavy atom. The van der Waals surface area contributed by atoms with Crippen LogP contribution in [0.25, 0.3) is 0 Å². The van der Waals surface area contributed by atoms with Crippen molar-refractivity contribution < 1.29 is 18.0 Å². The third-order valence-corrected chi connectivity index (χ3v) is 1.73. The van der Waals surface area contributed by atoms with E-state index in [1.807, 2.05) is 13.8 Å². The lowest BCUT2D eigenvalue weighted by molar-refractivity contribution is -0.158. The topological polar surface area (TPSA) is 32.3 Å². The summed E-state index contributed by atoms with van der Waals surface area (Å²) in [5, 5.41) is 2.97. The lowest BCUT2D eigenvalue weighted by Crippen LogP contribution is -2.37. The number of carbonyl (C=O) groups is 1. The zero-order valence-corrected chi connectivity index (χ0v) is 9.19. The molecule has 0 aromatic carbocycles. The first-order valence-corrected chi connectivity index (χ1v) is 4.76. The molecule has 0 heterocycles. The summed E-state index contributed by atoms with van der Waals surface area (Å²) >= 11 is 0. The molecule has 0 aromatic rings. The third-order valence-electron chi connectivity index (χ3n) is 1.73. The molecule has 0 aliphatic carbocycles. The third kappa shape index (κ3) is 8.23. The van der Waals surface area contributed by atoms with Gasteiger partial charge in [-0.3, -0.25) is 4.79 Å². The van der Waals surface area contributed by atoms with Gasteiger partial charge in [0.2, 0.25) is 5.91 Å². The van der Waals surface area contributed by atoms with Gasteiger partial charge in [0.1, 0.15) is 6.54 Å². The van der Waals surface area contributed by atoms with E-state index in [2.05, 4.69) is 5.32 Å². The van der Waals surface area contributed by atoms with E-state index in [1.54, 1.807) is 0 Å². The molecule has 0 fully saturated rings. The zero-order valence-electron chi connectivity index (χ0n) is 9.19. The van der Waals surface area contributed by atoms with Gasteiger partial charge >= 0.3 is 6.18 Å². The summed E-state index contributed by atoms with van der Waals surface area (Å²) in [7, 11) is 1.16. The number of nitrogens with zero attached hydrogens (tertiary/aromatic N) is 1. The van der Waals surface area contributed by atoms with Crippen LogP contribution in [0, 0.1) is 0 Å². The molecule has 0 saturated heterocycles. The Hall–Kier alpha value is -0.780. The Morgan fingerprint density at radius 2 is 1.93 bits per heavy atom. The lowest BCUT2D eigenvalue weighted by atomic mass is 10.3. The first-order chi connectivity index (χ1) is 6.72. The number of carbonyl (C=O) groups excluding carboxylic acids is 1. The van der Waals surface area contributed by atoms with Gasteiger partial charge in [-0.05, 0) is 0 Å². The van der Waals surface area contributed by atoms with Crippen molar-refractivity contribution in [3.63, 3.8) is 0 Å². The molecule has 0 unspecified atom stereocenters. The van der Waals surface area contributed by atoms with Crippen LogP contribution in [-0.4, -0.2) is 43.2 Å². The molecule has 0 aromatic heterocycles. The number of halogens is 3. The summed E-state index contributed by atoms with van der Waals surface area (Å²) < 4.78 is 35.7. The van der Waals surface area contributed by atoms with Gasteiger partial charge in [-0.25, -0.2) is 0 Å². The highest BCUT2D eigenvalue weighted by Crippen LogP contribution is 2.15. The highest BCUT2D eigenvalue weighted by molar-refractivity contribution is 5.76. The van der Waals surface area contributed by atoms with Gasteiger partial charge in [-0.2, -0.15) is 13.2 Å². The average molecular weight is 226 g/mol. The predicted molar refractivity (Wildman–Crippen MR) is 51.4 cm³/mol. The normalized spacial score (nSPS) is 11.9. The summed E-state index contributed by atoms with van der Waals surface area (Å²) in [5.41, 5.74) is 0. The first-order valence-electron chi connectivity index (χ1n) is 4.76. The minimum Gasteiger partial charge on any atom is -0.337 e. The molecule has 0 aliphatic heterocycles. The van der Waals surface area contributed by atoms with E-state index in [1.165, 1.54) is 0 Å². The van der Waals surface area contributed by atoms with Crippen LogP contribution in [0.15, 0.2) is 0 Å². The Morgan fingerprint density at radius 1 is 1.40 bits per heavy atom. The molecule has 0 atom stereocenters. The molecule has 1 amide bonds. The Bertz CT molecular complexity index is 204. The van der Waals surface area contributed by atoms with Gasteiger partial charge in [-0.15, -0.1) is 0 Å². The van der Waals surface area contributed by atoms with Crippen molar-refractivity contribution in [2.24, 2.45) is 0 Å². The number of hydrogen-bond acceptors (Lipinski definition) is 2. The molecule has 3 nitrogen and oxygen atoms in total. The van der Waals surface area contributed by atoms with Crippen LogP contribution < -0.4 is 5.32 Å². The Balaban J connectivity index is 3.80. The van der Waals surface area contributed by atoms with E-state index in [4.69, 9.17) is 0 Å². The van der Waals surface area contributed by atoms with Gasteiger partial charge in [0.25, 0.3) is 0 Å². The monoisotopic (exact) mass is 226 g/mol. The van der Waals surface area contributed by atoms with Crippen LogP contribution in [0.4, 0.5) is 13.2 Å². The maximum atomic E-state index is 11.9. The average Bonchev–Trinajstić information content (AvgIpc) is 1.99. The van der Waals surface area contributed by atoms with Crippen LogP contribution in [0.3, 0.4) is 0 Å². The predicted octanol–water partition coefficient (Wildman–Crippen LogP) is 1.40. The molecule has 0 radical (unpaired) electrons. The van der Waals surface area contributed by atoms with Crippen LogP contribution in [0.1, 0.15) is 20.3 Å². The highest BCUT2D eigenvalue weighted by Gasteiger charge is 2.30. The van der Waals surface area contributed by atoms with Gasteiger partial charge < -0.3 is 10.2 Å². The van der Waals surface area contributed by atoms with Gasteiger partial charge in [0, 0.05) is 26.1 Å². The first kappa shape index (κ1) is 14.2. The number of amides is 1. The Kier molecular flexibility index (Phi) is 5.64. The number of alkyl halides is 3. The fourth-order valence-electron chi connectivity index (χ4n) is 1.02. The lowest BCUT2D eigenvalue weighted by Gasteiger charge is -2.19. The van der Waals surface area contributed by atoms with Crippen LogP contribution in [0.2, 0.25) is 0 Å². The summed E-state index contributed by atoms with van der Waals surface area (Å²) in [4.78, 5) is 11.9. The van der Waals surface area contributed by atoms with Crippen molar-refractivity contribution in [1.82, 2.24) is 10.2 Å². The molecule has 1 N–H and O–H groups in total. The molecule has 0 bridgehead atoms. The molecule has 0 saturated carbocycles. The number of rotatable bonds is 5. The fourth-order valence-corrected chi connectivity index (χ4v) is 1.02. The van der Waals surface area contributed by atoms with E-state index < -0.39 is 18.6 Å². The van der Waals surface area contributed by atoms with Gasteiger partial charge in [0.15, 0.2) is 0 Å². The molecule has 0 rings (SSSR count). The van der Waals surface area contributed by atoms with E-state index in [-0.39, 0.29) is 12.5 Å². The van der Waals surface area contributed by atoms with Crippen molar-refractivity contribution in [3.8, 4) is 0 Å². The molecule has 0 spiro atoms. The molecule has 90 valence electrons. The smallest absolute Gasteiger partial charge is 0.337 e. The molecular weight excluding hydrogens is 209 g/mol. The second-order valence-corrected chi connectivity index (χ2v) is 3.72. The standard InChI is InChI=1S/C9H17F3N2O/c1-7(2)13-5-4-8(15)14(3)6-9(10,11)12/h7,13H,4-6H2,1-3H3. The largest absolute Gasteiger partial charge is 0.406 e. The van der Waals surface area contributed by atoms with E-state index in [9.17, 15) is 18.0 Å². The van der Waals surface area contributed by atoms with Crippen molar-refractivity contribution in [1.29, 1.82) is 0 Å². The summed E-state index contributed by atoms with van der Waals surface area (Å²) in [6.45, 7) is 3.03. The van der Waals surface area contributed by atoms with Crippen molar-refractivity contribution in [2.75, 3.05) is 20.1 Å². The highest BCUT2D eigenvalue weighted by atomic mass is 19.4. The second-order valence-electron chi connectivity index (χ2n) is 3.72. The maximum Gasteiger partial charge on any atom is 0.406 e. The molecule has 0 aliphatic rings. The Labute approximate surface area is 87.6 Å². The fraction of sp³-hybridized carbons (Fsp3) is 0.889. The van der Waals surface area contributed by atoms with Crippen LogP contribution >= 0.6 is 0 Å². The molecule has 6 heteroatoms. The number of hydrogen-bond donors (Lipinski definition) is 1.